The van der Waals surface area contributed by atoms with Crippen LogP contribution in [0.15, 0.2) is 0 Å². The first-order chi connectivity index (χ1) is 6.76. The minimum absolute atomic E-state index is 0.0656. The monoisotopic (exact) mass is 232 g/mol. The van der Waals surface area contributed by atoms with Crippen LogP contribution in [0.4, 0.5) is 0 Å². The lowest BCUT2D eigenvalue weighted by atomic mass is 10.1. The van der Waals surface area contributed by atoms with Gasteiger partial charge in [-0.05, 0) is 34.0 Å². The van der Waals surface area contributed by atoms with Crippen LogP contribution < -0.4 is 10.6 Å². The lowest BCUT2D eigenvalue weighted by Gasteiger charge is -2.24. The second-order valence-electron chi connectivity index (χ2n) is 4.92. The Labute approximate surface area is 97.8 Å². The highest BCUT2D eigenvalue weighted by Gasteiger charge is 2.18. The van der Waals surface area contributed by atoms with E-state index in [0.29, 0.717) is 5.25 Å². The molecule has 0 rings (SSSR count). The Balaban J connectivity index is 3.90. The molecule has 0 aromatic carbocycles. The molecule has 4 heteroatoms. The van der Waals surface area contributed by atoms with Gasteiger partial charge >= 0.3 is 0 Å². The predicted molar refractivity (Wildman–Crippen MR) is 68.3 cm³/mol. The molecule has 3 nitrogen and oxygen atoms in total. The molecule has 2 atom stereocenters. The highest BCUT2D eigenvalue weighted by Crippen LogP contribution is 2.03. The van der Waals surface area contributed by atoms with Crippen molar-refractivity contribution in [1.82, 2.24) is 10.6 Å². The molecular weight excluding hydrogens is 208 g/mol. The maximum Gasteiger partial charge on any atom is 0.237 e. The predicted octanol–water partition coefficient (Wildman–Crippen LogP) is 1.63. The van der Waals surface area contributed by atoms with E-state index in [1.54, 1.807) is 11.8 Å². The summed E-state index contributed by atoms with van der Waals surface area (Å²) in [5, 5.41) is 6.71. The molecule has 0 spiro atoms. The van der Waals surface area contributed by atoms with E-state index in [-0.39, 0.29) is 17.5 Å². The minimum Gasteiger partial charge on any atom is -0.350 e. The molecule has 0 heterocycles. The molecule has 0 aliphatic heterocycles. The fourth-order valence-electron chi connectivity index (χ4n) is 0.997. The summed E-state index contributed by atoms with van der Waals surface area (Å²) in [5.41, 5.74) is -0.155. The van der Waals surface area contributed by atoms with Crippen LogP contribution in [-0.4, -0.2) is 35.5 Å². The van der Waals surface area contributed by atoms with Crippen molar-refractivity contribution < 1.29 is 4.79 Å². The molecule has 2 N–H and O–H groups in total. The zero-order valence-electron chi connectivity index (χ0n) is 10.7. The van der Waals surface area contributed by atoms with Crippen LogP contribution in [0.5, 0.6) is 0 Å². The van der Waals surface area contributed by atoms with Crippen molar-refractivity contribution in [3.8, 4) is 0 Å². The maximum atomic E-state index is 11.7. The number of hydrogen-bond donors (Lipinski definition) is 2. The molecule has 0 saturated carbocycles. The van der Waals surface area contributed by atoms with E-state index in [1.807, 2.05) is 27.7 Å². The van der Waals surface area contributed by atoms with Crippen molar-refractivity contribution in [3.05, 3.63) is 0 Å². The van der Waals surface area contributed by atoms with Gasteiger partial charge in [0, 0.05) is 17.3 Å². The number of nitrogens with one attached hydrogen (secondary N) is 2. The van der Waals surface area contributed by atoms with Crippen molar-refractivity contribution in [2.24, 2.45) is 0 Å². The Morgan fingerprint density at radius 2 is 1.87 bits per heavy atom. The van der Waals surface area contributed by atoms with Gasteiger partial charge in [-0.1, -0.05) is 6.92 Å². The number of hydrogen-bond acceptors (Lipinski definition) is 3. The molecule has 90 valence electrons. The summed E-state index contributed by atoms with van der Waals surface area (Å²) >= 11 is 1.80. The van der Waals surface area contributed by atoms with Gasteiger partial charge in [0.2, 0.25) is 5.91 Å². The Hall–Kier alpha value is -0.220. The van der Waals surface area contributed by atoms with Gasteiger partial charge in [-0.25, -0.2) is 0 Å². The standard InChI is InChI=1S/C11H24N2OS/c1-8(15-6)7-12-9(2)10(14)13-11(3,4)5/h8-9,12H,7H2,1-6H3,(H,13,14). The lowest BCUT2D eigenvalue weighted by molar-refractivity contribution is -0.124. The summed E-state index contributed by atoms with van der Waals surface area (Å²) in [6, 6.07) is -0.126. The van der Waals surface area contributed by atoms with Crippen LogP contribution in [0.3, 0.4) is 0 Å². The van der Waals surface area contributed by atoms with Crippen LogP contribution in [0.1, 0.15) is 34.6 Å². The van der Waals surface area contributed by atoms with Crippen LogP contribution in [0.2, 0.25) is 0 Å². The van der Waals surface area contributed by atoms with Crippen molar-refractivity contribution in [1.29, 1.82) is 0 Å². The Morgan fingerprint density at radius 1 is 1.33 bits per heavy atom. The largest absolute Gasteiger partial charge is 0.350 e. The molecule has 2 unspecified atom stereocenters. The summed E-state index contributed by atoms with van der Waals surface area (Å²) in [4.78, 5) is 11.7. The van der Waals surface area contributed by atoms with Gasteiger partial charge in [0.05, 0.1) is 6.04 Å². The second kappa shape index (κ2) is 6.38. The minimum atomic E-state index is -0.155. The van der Waals surface area contributed by atoms with E-state index in [2.05, 4.69) is 23.8 Å². The van der Waals surface area contributed by atoms with E-state index >= 15 is 0 Å². The summed E-state index contributed by atoms with van der Waals surface area (Å²) in [5.74, 6) is 0.0656. The molecule has 0 aromatic heterocycles. The van der Waals surface area contributed by atoms with Crippen LogP contribution in [0, 0.1) is 0 Å². The molecule has 0 saturated heterocycles. The molecule has 15 heavy (non-hydrogen) atoms. The summed E-state index contributed by atoms with van der Waals surface area (Å²) in [6.45, 7) is 10.9. The molecule has 0 aliphatic rings. The first-order valence-electron chi connectivity index (χ1n) is 5.34. The van der Waals surface area contributed by atoms with Gasteiger partial charge in [0.15, 0.2) is 0 Å². The van der Waals surface area contributed by atoms with Gasteiger partial charge in [-0.3, -0.25) is 4.79 Å². The molecular formula is C11H24N2OS. The molecule has 0 fully saturated rings. The van der Waals surface area contributed by atoms with Gasteiger partial charge < -0.3 is 10.6 Å². The SMILES string of the molecule is CSC(C)CNC(C)C(=O)NC(C)(C)C. The molecule has 0 aliphatic carbocycles. The Morgan fingerprint density at radius 3 is 2.27 bits per heavy atom. The zero-order chi connectivity index (χ0) is 12.1. The Bertz CT molecular complexity index is 201. The van der Waals surface area contributed by atoms with E-state index < -0.39 is 0 Å². The first-order valence-corrected chi connectivity index (χ1v) is 6.63. The average molecular weight is 232 g/mol. The molecule has 0 radical (unpaired) electrons. The molecule has 0 bridgehead atoms. The lowest BCUT2D eigenvalue weighted by Crippen LogP contribution is -2.50. The van der Waals surface area contributed by atoms with E-state index in [1.165, 1.54) is 0 Å². The average Bonchev–Trinajstić information content (AvgIpc) is 2.10. The first kappa shape index (κ1) is 14.8. The Kier molecular flexibility index (Phi) is 6.29. The fourth-order valence-corrected chi connectivity index (χ4v) is 1.26. The molecule has 1 amide bonds. The van der Waals surface area contributed by atoms with Gasteiger partial charge in [0.25, 0.3) is 0 Å². The van der Waals surface area contributed by atoms with Crippen molar-refractivity contribution in [3.63, 3.8) is 0 Å². The van der Waals surface area contributed by atoms with Crippen LogP contribution in [0.25, 0.3) is 0 Å². The van der Waals surface area contributed by atoms with Gasteiger partial charge in [-0.15, -0.1) is 0 Å². The molecule has 0 aromatic rings. The number of rotatable bonds is 5. The van der Waals surface area contributed by atoms with E-state index in [0.717, 1.165) is 6.54 Å². The quantitative estimate of drug-likeness (QED) is 0.757. The van der Waals surface area contributed by atoms with Gasteiger partial charge in [-0.2, -0.15) is 11.8 Å². The number of thioether (sulfide) groups is 1. The normalized spacial score (nSPS) is 15.9. The van der Waals surface area contributed by atoms with Crippen molar-refractivity contribution in [2.75, 3.05) is 12.8 Å². The topological polar surface area (TPSA) is 41.1 Å². The smallest absolute Gasteiger partial charge is 0.237 e. The van der Waals surface area contributed by atoms with Crippen molar-refractivity contribution >= 4 is 17.7 Å². The van der Waals surface area contributed by atoms with E-state index in [9.17, 15) is 4.79 Å². The van der Waals surface area contributed by atoms with E-state index in [4.69, 9.17) is 0 Å². The third-order valence-electron chi connectivity index (χ3n) is 2.01. The summed E-state index contributed by atoms with van der Waals surface area (Å²) in [6.07, 6.45) is 2.08. The van der Waals surface area contributed by atoms with Crippen LogP contribution >= 0.6 is 11.8 Å². The second-order valence-corrected chi connectivity index (χ2v) is 6.19. The zero-order valence-corrected chi connectivity index (χ0v) is 11.5. The van der Waals surface area contributed by atoms with Crippen LogP contribution in [-0.2, 0) is 4.79 Å². The maximum absolute atomic E-state index is 11.7. The third kappa shape index (κ3) is 7.68. The summed E-state index contributed by atoms with van der Waals surface area (Å²) < 4.78 is 0. The third-order valence-corrected chi connectivity index (χ3v) is 2.98. The van der Waals surface area contributed by atoms with Crippen molar-refractivity contribution in [2.45, 2.75) is 51.4 Å². The highest BCUT2D eigenvalue weighted by atomic mass is 32.2. The van der Waals surface area contributed by atoms with Gasteiger partial charge in [0.1, 0.15) is 0 Å². The fraction of sp³-hybridized carbons (Fsp3) is 0.909. The number of carbonyl (C=O) groups is 1. The highest BCUT2D eigenvalue weighted by molar-refractivity contribution is 7.99. The number of carbonyl (C=O) groups excluding carboxylic acids is 1. The summed E-state index contributed by atoms with van der Waals surface area (Å²) in [7, 11) is 0. The number of amides is 1.